The first kappa shape index (κ1) is 12.5. The van der Waals surface area contributed by atoms with Crippen molar-refractivity contribution >= 4 is 27.3 Å². The number of ether oxygens (including phenoxy) is 1. The van der Waals surface area contributed by atoms with Gasteiger partial charge in [-0.25, -0.2) is 0 Å². The van der Waals surface area contributed by atoms with Gasteiger partial charge in [-0.1, -0.05) is 40.2 Å². The first-order valence-corrected chi connectivity index (χ1v) is 7.65. The van der Waals surface area contributed by atoms with Gasteiger partial charge in [-0.3, -0.25) is 0 Å². The Bertz CT molecular complexity index is 553. The molecule has 1 aliphatic rings. The van der Waals surface area contributed by atoms with E-state index >= 15 is 0 Å². The summed E-state index contributed by atoms with van der Waals surface area (Å²) in [6, 6.07) is 16.9. The van der Waals surface area contributed by atoms with Crippen LogP contribution in [0.1, 0.15) is 12.0 Å². The van der Waals surface area contributed by atoms with Crippen LogP contribution in [0.5, 0.6) is 5.75 Å². The summed E-state index contributed by atoms with van der Waals surface area (Å²) in [7, 11) is 0. The Hall–Kier alpha value is -1.48. The maximum atomic E-state index is 5.80. The zero-order valence-electron chi connectivity index (χ0n) is 10.7. The van der Waals surface area contributed by atoms with Crippen LogP contribution in [0.2, 0.25) is 0 Å². The highest BCUT2D eigenvalue weighted by Gasteiger charge is 2.17. The molecule has 0 aromatic heterocycles. The van der Waals surface area contributed by atoms with Crippen LogP contribution in [0.3, 0.4) is 0 Å². The van der Waals surface area contributed by atoms with Gasteiger partial charge in [0.25, 0.3) is 0 Å². The average Bonchev–Trinajstić information content (AvgIpc) is 2.70. The van der Waals surface area contributed by atoms with E-state index in [-0.39, 0.29) is 0 Å². The summed E-state index contributed by atoms with van der Waals surface area (Å²) in [6.07, 6.45) is 1.04. The molecule has 1 heterocycles. The third-order valence-corrected chi connectivity index (χ3v) is 3.99. The van der Waals surface area contributed by atoms with Crippen molar-refractivity contribution in [2.45, 2.75) is 11.8 Å². The molecule has 0 unspecified atom stereocenters. The third kappa shape index (κ3) is 2.61. The number of para-hydroxylation sites is 2. The highest BCUT2D eigenvalue weighted by molar-refractivity contribution is 9.08. The number of benzene rings is 2. The lowest BCUT2D eigenvalue weighted by Gasteiger charge is -2.24. The summed E-state index contributed by atoms with van der Waals surface area (Å²) >= 11 is 3.48. The van der Waals surface area contributed by atoms with Crippen LogP contribution < -0.4 is 9.64 Å². The van der Waals surface area contributed by atoms with Gasteiger partial charge in [0.1, 0.15) is 5.75 Å². The van der Waals surface area contributed by atoms with Crippen molar-refractivity contribution in [1.29, 1.82) is 0 Å². The van der Waals surface area contributed by atoms with Crippen LogP contribution in [0.4, 0.5) is 11.4 Å². The van der Waals surface area contributed by atoms with E-state index in [0.717, 1.165) is 36.3 Å². The molecule has 2 nitrogen and oxygen atoms in total. The molecule has 0 fully saturated rings. The van der Waals surface area contributed by atoms with Crippen LogP contribution in [-0.2, 0) is 5.33 Å². The fourth-order valence-corrected chi connectivity index (χ4v) is 2.73. The number of alkyl halides is 1. The minimum atomic E-state index is 0.785. The quantitative estimate of drug-likeness (QED) is 0.756. The smallest absolute Gasteiger partial charge is 0.142 e. The molecule has 2 aromatic carbocycles. The lowest BCUT2D eigenvalue weighted by molar-refractivity contribution is 0.322. The summed E-state index contributed by atoms with van der Waals surface area (Å²) < 4.78 is 5.80. The summed E-state index contributed by atoms with van der Waals surface area (Å²) in [5.41, 5.74) is 3.68. The highest BCUT2D eigenvalue weighted by Crippen LogP contribution is 2.35. The fourth-order valence-electron chi connectivity index (χ4n) is 2.36. The van der Waals surface area contributed by atoms with Gasteiger partial charge < -0.3 is 9.64 Å². The Morgan fingerprint density at radius 3 is 2.63 bits per heavy atom. The van der Waals surface area contributed by atoms with Crippen molar-refractivity contribution in [3.63, 3.8) is 0 Å². The minimum absolute atomic E-state index is 0.785. The number of nitrogens with zero attached hydrogens (tertiary/aromatic N) is 1. The van der Waals surface area contributed by atoms with Gasteiger partial charge in [0.05, 0.1) is 12.3 Å². The summed E-state index contributed by atoms with van der Waals surface area (Å²) in [5.74, 6) is 0.976. The molecule has 98 valence electrons. The number of fused-ring (bicyclic) bond motifs is 1. The van der Waals surface area contributed by atoms with Gasteiger partial charge in [0.15, 0.2) is 0 Å². The maximum Gasteiger partial charge on any atom is 0.142 e. The molecule has 0 bridgehead atoms. The molecule has 0 N–H and O–H groups in total. The summed E-state index contributed by atoms with van der Waals surface area (Å²) in [4.78, 5) is 2.33. The van der Waals surface area contributed by atoms with E-state index in [1.165, 1.54) is 11.3 Å². The Labute approximate surface area is 122 Å². The van der Waals surface area contributed by atoms with E-state index in [9.17, 15) is 0 Å². The Balaban J connectivity index is 1.99. The van der Waals surface area contributed by atoms with Crippen molar-refractivity contribution in [3.8, 4) is 5.75 Å². The highest BCUT2D eigenvalue weighted by atomic mass is 79.9. The molecule has 0 radical (unpaired) electrons. The van der Waals surface area contributed by atoms with Gasteiger partial charge >= 0.3 is 0 Å². The first-order valence-electron chi connectivity index (χ1n) is 6.53. The number of anilines is 2. The van der Waals surface area contributed by atoms with Crippen LogP contribution in [-0.4, -0.2) is 13.2 Å². The van der Waals surface area contributed by atoms with Gasteiger partial charge in [0, 0.05) is 17.6 Å². The molecule has 0 amide bonds. The molecule has 1 aliphatic heterocycles. The van der Waals surface area contributed by atoms with Gasteiger partial charge in [-0.15, -0.1) is 0 Å². The lowest BCUT2D eigenvalue weighted by Crippen LogP contribution is -2.17. The van der Waals surface area contributed by atoms with E-state index in [0.29, 0.717) is 0 Å². The zero-order valence-corrected chi connectivity index (χ0v) is 12.3. The molecule has 0 saturated heterocycles. The fraction of sp³-hybridized carbons (Fsp3) is 0.250. The van der Waals surface area contributed by atoms with Crippen molar-refractivity contribution in [1.82, 2.24) is 0 Å². The molecule has 0 aliphatic carbocycles. The number of hydrogen-bond donors (Lipinski definition) is 0. The zero-order chi connectivity index (χ0) is 13.1. The van der Waals surface area contributed by atoms with Crippen LogP contribution in [0.15, 0.2) is 48.5 Å². The molecule has 3 rings (SSSR count). The van der Waals surface area contributed by atoms with Gasteiger partial charge in [-0.05, 0) is 36.2 Å². The minimum Gasteiger partial charge on any atom is -0.491 e. The largest absolute Gasteiger partial charge is 0.491 e. The molecule has 0 saturated carbocycles. The Kier molecular flexibility index (Phi) is 3.74. The number of rotatable bonds is 2. The molecule has 2 aromatic rings. The topological polar surface area (TPSA) is 12.5 Å². The number of halogens is 1. The van der Waals surface area contributed by atoms with E-state index in [4.69, 9.17) is 4.74 Å². The molecule has 19 heavy (non-hydrogen) atoms. The van der Waals surface area contributed by atoms with E-state index in [1.54, 1.807) is 0 Å². The van der Waals surface area contributed by atoms with E-state index in [1.807, 2.05) is 12.1 Å². The van der Waals surface area contributed by atoms with Crippen LogP contribution in [0, 0.1) is 0 Å². The van der Waals surface area contributed by atoms with Crippen LogP contribution in [0.25, 0.3) is 0 Å². The molecule has 3 heteroatoms. The summed E-state index contributed by atoms with van der Waals surface area (Å²) in [6.45, 7) is 1.78. The first-order chi connectivity index (χ1) is 9.38. The normalized spacial score (nSPS) is 14.5. The van der Waals surface area contributed by atoms with E-state index < -0.39 is 0 Å². The molecular weight excluding hydrogens is 302 g/mol. The second kappa shape index (κ2) is 5.66. The van der Waals surface area contributed by atoms with Gasteiger partial charge in [-0.2, -0.15) is 0 Å². The third-order valence-electron chi connectivity index (χ3n) is 3.34. The molecule has 0 atom stereocenters. The second-order valence-electron chi connectivity index (χ2n) is 4.62. The predicted molar refractivity (Wildman–Crippen MR) is 82.6 cm³/mol. The van der Waals surface area contributed by atoms with Crippen molar-refractivity contribution in [2.75, 3.05) is 18.1 Å². The predicted octanol–water partition coefficient (Wildman–Crippen LogP) is 4.50. The van der Waals surface area contributed by atoms with Crippen molar-refractivity contribution < 1.29 is 4.74 Å². The van der Waals surface area contributed by atoms with Gasteiger partial charge in [0.2, 0.25) is 0 Å². The maximum absolute atomic E-state index is 5.80. The Morgan fingerprint density at radius 2 is 1.84 bits per heavy atom. The van der Waals surface area contributed by atoms with Crippen LogP contribution >= 0.6 is 15.9 Å². The molecular formula is C16H16BrNO. The summed E-state index contributed by atoms with van der Waals surface area (Å²) in [5, 5.41) is 0.896. The SMILES string of the molecule is BrCc1ccc(N2CCCOc3ccccc32)cc1. The monoisotopic (exact) mass is 317 g/mol. The average molecular weight is 318 g/mol. The van der Waals surface area contributed by atoms with Crippen molar-refractivity contribution in [3.05, 3.63) is 54.1 Å². The van der Waals surface area contributed by atoms with Crippen molar-refractivity contribution in [2.24, 2.45) is 0 Å². The van der Waals surface area contributed by atoms with E-state index in [2.05, 4.69) is 57.2 Å². The standard InChI is InChI=1S/C16H16BrNO/c17-12-13-6-8-14(9-7-13)18-10-3-11-19-16-5-2-1-4-15(16)18/h1-2,4-9H,3,10-12H2. The molecule has 0 spiro atoms. The lowest BCUT2D eigenvalue weighted by atomic mass is 10.2. The second-order valence-corrected chi connectivity index (χ2v) is 5.18. The number of hydrogen-bond acceptors (Lipinski definition) is 2. The Morgan fingerprint density at radius 1 is 1.05 bits per heavy atom.